The predicted octanol–water partition coefficient (Wildman–Crippen LogP) is 0.211. The van der Waals surface area contributed by atoms with Gasteiger partial charge in [0, 0.05) is 19.8 Å². The number of anilines is 1. The van der Waals surface area contributed by atoms with E-state index < -0.39 is 23.0 Å². The third kappa shape index (κ3) is 2.60. The molecule has 0 saturated carbocycles. The van der Waals surface area contributed by atoms with Gasteiger partial charge >= 0.3 is 5.69 Å². The van der Waals surface area contributed by atoms with Crippen LogP contribution in [0.3, 0.4) is 0 Å². The Balaban J connectivity index is 1.95. The Morgan fingerprint density at radius 3 is 2.71 bits per heavy atom. The number of carbonyl (C=O) groups is 1. The quantitative estimate of drug-likeness (QED) is 0.743. The number of carbonyl (C=O) groups excluding carboxylic acids is 1. The van der Waals surface area contributed by atoms with Crippen LogP contribution in [0, 0.1) is 5.82 Å². The van der Waals surface area contributed by atoms with Gasteiger partial charge in [0.2, 0.25) is 5.91 Å². The van der Waals surface area contributed by atoms with E-state index >= 15 is 0 Å². The third-order valence-electron chi connectivity index (χ3n) is 3.64. The second-order valence-electron chi connectivity index (χ2n) is 5.31. The number of halogens is 1. The van der Waals surface area contributed by atoms with Crippen LogP contribution < -0.4 is 16.6 Å². The standard InChI is InChI=1S/C15H14FN5O3/c1-19-13-12(14(23)20(2)15(19)24)21(8-17-13)7-11(22)18-10-5-3-4-9(16)6-10/h3-6,8H,7H2,1-2H3,(H,18,22). The highest BCUT2D eigenvalue weighted by Crippen LogP contribution is 2.10. The second kappa shape index (κ2) is 5.76. The Labute approximate surface area is 134 Å². The molecule has 0 spiro atoms. The number of aromatic nitrogens is 4. The Morgan fingerprint density at radius 2 is 2.00 bits per heavy atom. The van der Waals surface area contributed by atoms with Crippen molar-refractivity contribution in [2.75, 3.05) is 5.32 Å². The van der Waals surface area contributed by atoms with Gasteiger partial charge in [-0.1, -0.05) is 6.07 Å². The molecule has 0 unspecified atom stereocenters. The van der Waals surface area contributed by atoms with Gasteiger partial charge in [-0.05, 0) is 18.2 Å². The first kappa shape index (κ1) is 15.7. The summed E-state index contributed by atoms with van der Waals surface area (Å²) in [4.78, 5) is 40.3. The van der Waals surface area contributed by atoms with Crippen molar-refractivity contribution in [3.63, 3.8) is 0 Å². The zero-order valence-electron chi connectivity index (χ0n) is 13.0. The Kier molecular flexibility index (Phi) is 3.76. The van der Waals surface area contributed by atoms with Crippen LogP contribution in [0.4, 0.5) is 10.1 Å². The number of nitrogens with zero attached hydrogens (tertiary/aromatic N) is 4. The number of amides is 1. The highest BCUT2D eigenvalue weighted by atomic mass is 19.1. The van der Waals surface area contributed by atoms with E-state index in [1.165, 1.54) is 47.8 Å². The van der Waals surface area contributed by atoms with Gasteiger partial charge in [0.25, 0.3) is 5.56 Å². The van der Waals surface area contributed by atoms with Crippen molar-refractivity contribution < 1.29 is 9.18 Å². The van der Waals surface area contributed by atoms with Crippen LogP contribution in [0.2, 0.25) is 0 Å². The minimum absolute atomic E-state index is 0.147. The normalized spacial score (nSPS) is 11.0. The fourth-order valence-corrected chi connectivity index (χ4v) is 2.44. The molecule has 0 atom stereocenters. The molecule has 0 aliphatic carbocycles. The molecule has 0 radical (unpaired) electrons. The molecule has 1 amide bonds. The molecule has 8 nitrogen and oxygen atoms in total. The molecule has 0 aliphatic heterocycles. The summed E-state index contributed by atoms with van der Waals surface area (Å²) in [6.45, 7) is -0.194. The van der Waals surface area contributed by atoms with Crippen molar-refractivity contribution in [1.82, 2.24) is 18.7 Å². The molecule has 0 aliphatic rings. The van der Waals surface area contributed by atoms with E-state index in [0.29, 0.717) is 5.69 Å². The molecule has 124 valence electrons. The van der Waals surface area contributed by atoms with E-state index in [1.807, 2.05) is 0 Å². The number of hydrogen-bond acceptors (Lipinski definition) is 4. The highest BCUT2D eigenvalue weighted by Gasteiger charge is 2.16. The monoisotopic (exact) mass is 331 g/mol. The smallest absolute Gasteiger partial charge is 0.324 e. The van der Waals surface area contributed by atoms with Crippen molar-refractivity contribution in [2.45, 2.75) is 6.54 Å². The van der Waals surface area contributed by atoms with E-state index in [1.54, 1.807) is 6.07 Å². The van der Waals surface area contributed by atoms with Crippen LogP contribution in [-0.2, 0) is 25.4 Å². The molecule has 1 N–H and O–H groups in total. The maximum atomic E-state index is 13.1. The zero-order valence-corrected chi connectivity index (χ0v) is 13.0. The number of benzene rings is 1. The summed E-state index contributed by atoms with van der Waals surface area (Å²) in [5.74, 6) is -0.916. The summed E-state index contributed by atoms with van der Waals surface area (Å²) in [6, 6.07) is 5.48. The van der Waals surface area contributed by atoms with E-state index in [0.717, 1.165) is 4.57 Å². The van der Waals surface area contributed by atoms with Crippen molar-refractivity contribution in [3.05, 3.63) is 57.2 Å². The van der Waals surface area contributed by atoms with Crippen molar-refractivity contribution >= 4 is 22.8 Å². The average Bonchev–Trinajstić information content (AvgIpc) is 2.94. The summed E-state index contributed by atoms with van der Waals surface area (Å²) in [7, 11) is 2.85. The van der Waals surface area contributed by atoms with Gasteiger partial charge in [0.15, 0.2) is 11.2 Å². The third-order valence-corrected chi connectivity index (χ3v) is 3.64. The summed E-state index contributed by atoms with van der Waals surface area (Å²) in [5.41, 5.74) is -0.383. The molecule has 3 rings (SSSR count). The maximum absolute atomic E-state index is 13.1. The summed E-state index contributed by atoms with van der Waals surface area (Å²) in [5, 5.41) is 2.54. The largest absolute Gasteiger partial charge is 0.332 e. The lowest BCUT2D eigenvalue weighted by Gasteiger charge is -2.08. The number of nitrogens with one attached hydrogen (secondary N) is 1. The second-order valence-corrected chi connectivity index (χ2v) is 5.31. The van der Waals surface area contributed by atoms with Gasteiger partial charge in [-0.15, -0.1) is 0 Å². The minimum atomic E-state index is -0.538. The summed E-state index contributed by atoms with van der Waals surface area (Å²) < 4.78 is 16.7. The summed E-state index contributed by atoms with van der Waals surface area (Å²) in [6.07, 6.45) is 1.32. The number of rotatable bonds is 3. The molecule has 9 heteroatoms. The first-order chi connectivity index (χ1) is 11.4. The van der Waals surface area contributed by atoms with Crippen LogP contribution in [0.15, 0.2) is 40.2 Å². The van der Waals surface area contributed by atoms with Crippen LogP contribution in [-0.4, -0.2) is 24.6 Å². The van der Waals surface area contributed by atoms with Gasteiger partial charge in [-0.25, -0.2) is 14.2 Å². The fraction of sp³-hybridized carbons (Fsp3) is 0.200. The molecule has 24 heavy (non-hydrogen) atoms. The maximum Gasteiger partial charge on any atom is 0.332 e. The lowest BCUT2D eigenvalue weighted by atomic mass is 10.3. The van der Waals surface area contributed by atoms with Crippen molar-refractivity contribution in [2.24, 2.45) is 14.1 Å². The minimum Gasteiger partial charge on any atom is -0.324 e. The topological polar surface area (TPSA) is 90.9 Å². The number of imidazole rings is 1. The van der Waals surface area contributed by atoms with E-state index in [9.17, 15) is 18.8 Å². The lowest BCUT2D eigenvalue weighted by Crippen LogP contribution is -2.37. The lowest BCUT2D eigenvalue weighted by molar-refractivity contribution is -0.116. The molecule has 1 aromatic carbocycles. The summed E-state index contributed by atoms with van der Waals surface area (Å²) >= 11 is 0. The first-order valence-corrected chi connectivity index (χ1v) is 7.04. The van der Waals surface area contributed by atoms with Crippen LogP contribution in [0.5, 0.6) is 0 Å². The van der Waals surface area contributed by atoms with E-state index in [4.69, 9.17) is 0 Å². The fourth-order valence-electron chi connectivity index (χ4n) is 2.44. The van der Waals surface area contributed by atoms with E-state index in [2.05, 4.69) is 10.3 Å². The molecule has 2 aromatic heterocycles. The SMILES string of the molecule is Cn1c(=O)c2c(ncn2CC(=O)Nc2cccc(F)c2)n(C)c1=O. The average molecular weight is 331 g/mol. The molecular weight excluding hydrogens is 317 g/mol. The number of aryl methyl sites for hydroxylation is 1. The first-order valence-electron chi connectivity index (χ1n) is 7.04. The molecule has 2 heterocycles. The van der Waals surface area contributed by atoms with Gasteiger partial charge in [-0.3, -0.25) is 18.7 Å². The van der Waals surface area contributed by atoms with Gasteiger partial charge in [0.05, 0.1) is 6.33 Å². The van der Waals surface area contributed by atoms with Crippen LogP contribution in [0.25, 0.3) is 11.2 Å². The van der Waals surface area contributed by atoms with Crippen molar-refractivity contribution in [3.8, 4) is 0 Å². The van der Waals surface area contributed by atoms with Crippen LogP contribution >= 0.6 is 0 Å². The highest BCUT2D eigenvalue weighted by molar-refractivity contribution is 5.91. The van der Waals surface area contributed by atoms with Crippen molar-refractivity contribution in [1.29, 1.82) is 0 Å². The van der Waals surface area contributed by atoms with Gasteiger partial charge < -0.3 is 9.88 Å². The molecule has 3 aromatic rings. The molecule has 0 fully saturated rings. The van der Waals surface area contributed by atoms with Gasteiger partial charge in [0.1, 0.15) is 12.4 Å². The van der Waals surface area contributed by atoms with Crippen LogP contribution in [0.1, 0.15) is 0 Å². The zero-order chi connectivity index (χ0) is 17.4. The molecule has 0 saturated heterocycles. The molecule has 0 bridgehead atoms. The Morgan fingerprint density at radius 1 is 1.25 bits per heavy atom. The van der Waals surface area contributed by atoms with E-state index in [-0.39, 0.29) is 17.7 Å². The number of hydrogen-bond donors (Lipinski definition) is 1. The Bertz CT molecular complexity index is 1060. The Hall–Kier alpha value is -3.23. The number of fused-ring (bicyclic) bond motifs is 1. The van der Waals surface area contributed by atoms with Gasteiger partial charge in [-0.2, -0.15) is 0 Å². The molecular formula is C15H14FN5O3. The predicted molar refractivity (Wildman–Crippen MR) is 85.2 cm³/mol.